The molecule has 2 rings (SSSR count). The van der Waals surface area contributed by atoms with Crippen LogP contribution in [-0.2, 0) is 16.1 Å². The van der Waals surface area contributed by atoms with E-state index < -0.39 is 14.0 Å². The first kappa shape index (κ1) is 15.6. The van der Waals surface area contributed by atoms with Gasteiger partial charge in [0.2, 0.25) is 11.6 Å². The lowest BCUT2D eigenvalue weighted by atomic mass is 9.96. The van der Waals surface area contributed by atoms with Gasteiger partial charge < -0.3 is 4.67 Å². The Kier molecular flexibility index (Phi) is 4.72. The largest absolute Gasteiger partial charge is 0.320 e. The van der Waals surface area contributed by atoms with Gasteiger partial charge in [-0.1, -0.05) is 50.0 Å². The summed E-state index contributed by atoms with van der Waals surface area (Å²) in [6.07, 6.45) is 1.71. The van der Waals surface area contributed by atoms with Crippen LogP contribution in [0.4, 0.5) is 0 Å². The zero-order chi connectivity index (χ0) is 15.5. The highest BCUT2D eigenvalue weighted by Gasteiger charge is 2.29. The predicted molar refractivity (Wildman–Crippen MR) is 86.6 cm³/mol. The zero-order valence-corrected chi connectivity index (χ0v) is 13.9. The third-order valence-corrected chi connectivity index (χ3v) is 5.33. The molecule has 0 saturated heterocycles. The first-order chi connectivity index (χ1) is 9.88. The summed E-state index contributed by atoms with van der Waals surface area (Å²) in [5.74, 6) is -0.687. The van der Waals surface area contributed by atoms with Gasteiger partial charge in [0.05, 0.1) is 6.54 Å². The van der Waals surface area contributed by atoms with Gasteiger partial charge in [0.1, 0.15) is 5.71 Å². The van der Waals surface area contributed by atoms with Gasteiger partial charge in [-0.25, -0.2) is 0 Å². The number of rotatable bonds is 4. The molecular formula is C16H22N2O2Si. The van der Waals surface area contributed by atoms with Gasteiger partial charge in [-0.2, -0.15) is 5.10 Å². The van der Waals surface area contributed by atoms with E-state index in [1.54, 1.807) is 0 Å². The molecule has 1 aromatic rings. The topological polar surface area (TPSA) is 49.7 Å². The molecule has 1 saturated carbocycles. The summed E-state index contributed by atoms with van der Waals surface area (Å²) in [6, 6.07) is 10.1. The maximum Gasteiger partial charge on any atom is 0.244 e. The quantitative estimate of drug-likeness (QED) is 0.488. The number of carbonyl (C=O) groups is 2. The van der Waals surface area contributed by atoms with Crippen molar-refractivity contribution in [1.29, 1.82) is 0 Å². The van der Waals surface area contributed by atoms with Crippen LogP contribution >= 0.6 is 0 Å². The van der Waals surface area contributed by atoms with E-state index in [2.05, 4.69) is 36.9 Å². The lowest BCUT2D eigenvalue weighted by Gasteiger charge is -2.32. The maximum atomic E-state index is 11.9. The molecule has 4 nitrogen and oxygen atoms in total. The summed E-state index contributed by atoms with van der Waals surface area (Å²) in [5, 5.41) is 4.57. The SMILES string of the molecule is C[Si](C)(C)N(Cc1ccccc1)/N=C1/CCCC(=O)C1=O. The number of benzene rings is 1. The fraction of sp³-hybridized carbons (Fsp3) is 0.438. The Hall–Kier alpha value is -1.75. The van der Waals surface area contributed by atoms with Gasteiger partial charge >= 0.3 is 0 Å². The van der Waals surface area contributed by atoms with Crippen LogP contribution in [-0.4, -0.2) is 30.2 Å². The molecule has 0 aliphatic heterocycles. The van der Waals surface area contributed by atoms with E-state index in [0.717, 1.165) is 6.42 Å². The minimum absolute atomic E-state index is 0.296. The van der Waals surface area contributed by atoms with Crippen molar-refractivity contribution in [2.45, 2.75) is 45.4 Å². The van der Waals surface area contributed by atoms with Gasteiger partial charge in [-0.3, -0.25) is 9.59 Å². The standard InChI is InChI=1S/C16H22N2O2Si/c1-21(2,3)18(12-13-8-5-4-6-9-13)17-14-10-7-11-15(19)16(14)20/h4-6,8-9H,7,10-12H2,1-3H3/b17-14-. The Balaban J connectivity index is 2.25. The Morgan fingerprint density at radius 3 is 2.38 bits per heavy atom. The third-order valence-electron chi connectivity index (χ3n) is 3.52. The van der Waals surface area contributed by atoms with Gasteiger partial charge in [0, 0.05) is 6.42 Å². The summed E-state index contributed by atoms with van der Waals surface area (Å²) in [4.78, 5) is 23.5. The van der Waals surface area contributed by atoms with Crippen LogP contribution in [0.15, 0.2) is 35.4 Å². The Labute approximate surface area is 126 Å². The number of hydrazone groups is 1. The van der Waals surface area contributed by atoms with Crippen LogP contribution in [0.1, 0.15) is 24.8 Å². The molecule has 1 aliphatic rings. The summed E-state index contributed by atoms with van der Waals surface area (Å²) in [7, 11) is -1.72. The molecular weight excluding hydrogens is 280 g/mol. The molecule has 5 heteroatoms. The number of nitrogens with zero attached hydrogens (tertiary/aromatic N) is 2. The van der Waals surface area contributed by atoms with E-state index in [-0.39, 0.29) is 5.78 Å². The molecule has 0 N–H and O–H groups in total. The second-order valence-electron chi connectivity index (χ2n) is 6.37. The van der Waals surface area contributed by atoms with Crippen molar-refractivity contribution < 1.29 is 9.59 Å². The second-order valence-corrected chi connectivity index (χ2v) is 11.2. The maximum absolute atomic E-state index is 11.9. The molecule has 1 fully saturated rings. The van der Waals surface area contributed by atoms with Crippen LogP contribution < -0.4 is 0 Å². The number of hydrogen-bond acceptors (Lipinski definition) is 4. The lowest BCUT2D eigenvalue weighted by molar-refractivity contribution is -0.133. The molecule has 0 radical (unpaired) electrons. The van der Waals surface area contributed by atoms with E-state index in [9.17, 15) is 9.59 Å². The fourth-order valence-electron chi connectivity index (χ4n) is 2.22. The van der Waals surface area contributed by atoms with Gasteiger partial charge in [-0.05, 0) is 18.4 Å². The number of ketones is 2. The average Bonchev–Trinajstić information content (AvgIpc) is 2.43. The van der Waals surface area contributed by atoms with E-state index in [1.165, 1.54) is 5.56 Å². The molecule has 0 spiro atoms. The molecule has 1 aliphatic carbocycles. The molecule has 0 amide bonds. The van der Waals surface area contributed by atoms with Crippen LogP contribution in [0.5, 0.6) is 0 Å². The van der Waals surface area contributed by atoms with Crippen LogP contribution in [0.2, 0.25) is 19.6 Å². The van der Waals surface area contributed by atoms with Crippen molar-refractivity contribution in [1.82, 2.24) is 4.67 Å². The number of Topliss-reactive ketones (excluding diaryl/α,β-unsaturated/α-hetero) is 2. The third kappa shape index (κ3) is 4.11. The molecule has 0 heterocycles. The Morgan fingerprint density at radius 2 is 1.76 bits per heavy atom. The first-order valence-corrected chi connectivity index (χ1v) is 10.8. The highest BCUT2D eigenvalue weighted by Crippen LogP contribution is 2.18. The Bertz CT molecular complexity index is 561. The van der Waals surface area contributed by atoms with Crippen molar-refractivity contribution in [3.05, 3.63) is 35.9 Å². The summed E-state index contributed by atoms with van der Waals surface area (Å²) >= 11 is 0. The zero-order valence-electron chi connectivity index (χ0n) is 12.9. The smallest absolute Gasteiger partial charge is 0.244 e. The minimum atomic E-state index is -1.72. The minimum Gasteiger partial charge on any atom is -0.320 e. The first-order valence-electron chi connectivity index (χ1n) is 7.34. The van der Waals surface area contributed by atoms with E-state index in [1.807, 2.05) is 22.9 Å². The fourth-order valence-corrected chi connectivity index (χ4v) is 3.30. The van der Waals surface area contributed by atoms with Crippen molar-refractivity contribution in [3.63, 3.8) is 0 Å². The van der Waals surface area contributed by atoms with Crippen molar-refractivity contribution >= 4 is 25.5 Å². The molecule has 112 valence electrons. The Morgan fingerprint density at radius 1 is 1.10 bits per heavy atom. The van der Waals surface area contributed by atoms with E-state index in [0.29, 0.717) is 25.1 Å². The predicted octanol–water partition coefficient (Wildman–Crippen LogP) is 3.00. The molecule has 0 atom stereocenters. The highest BCUT2D eigenvalue weighted by atomic mass is 28.3. The van der Waals surface area contributed by atoms with Crippen molar-refractivity contribution in [2.75, 3.05) is 0 Å². The van der Waals surface area contributed by atoms with Crippen LogP contribution in [0, 0.1) is 0 Å². The van der Waals surface area contributed by atoms with E-state index >= 15 is 0 Å². The van der Waals surface area contributed by atoms with Gasteiger partial charge in [-0.15, -0.1) is 0 Å². The lowest BCUT2D eigenvalue weighted by Crippen LogP contribution is -2.43. The summed E-state index contributed by atoms with van der Waals surface area (Å²) in [5.41, 5.74) is 1.60. The van der Waals surface area contributed by atoms with E-state index in [4.69, 9.17) is 0 Å². The summed E-state index contributed by atoms with van der Waals surface area (Å²) in [6.45, 7) is 7.25. The summed E-state index contributed by atoms with van der Waals surface area (Å²) < 4.78 is 2.04. The molecule has 0 aromatic heterocycles. The normalized spacial score (nSPS) is 18.1. The molecule has 1 aromatic carbocycles. The number of hydrogen-bond donors (Lipinski definition) is 0. The average molecular weight is 302 g/mol. The van der Waals surface area contributed by atoms with Gasteiger partial charge in [0.15, 0.2) is 8.24 Å². The second kappa shape index (κ2) is 6.35. The molecule has 0 bridgehead atoms. The van der Waals surface area contributed by atoms with Crippen molar-refractivity contribution in [2.24, 2.45) is 5.10 Å². The molecule has 0 unspecified atom stereocenters. The van der Waals surface area contributed by atoms with Crippen LogP contribution in [0.25, 0.3) is 0 Å². The van der Waals surface area contributed by atoms with Crippen LogP contribution in [0.3, 0.4) is 0 Å². The van der Waals surface area contributed by atoms with Gasteiger partial charge in [0.25, 0.3) is 0 Å². The molecule has 21 heavy (non-hydrogen) atoms. The monoisotopic (exact) mass is 302 g/mol. The highest BCUT2D eigenvalue weighted by molar-refractivity contribution is 6.73. The number of carbonyl (C=O) groups excluding carboxylic acids is 2. The van der Waals surface area contributed by atoms with Crippen molar-refractivity contribution in [3.8, 4) is 0 Å².